The van der Waals surface area contributed by atoms with Crippen molar-refractivity contribution in [1.82, 2.24) is 105 Å². The summed E-state index contributed by atoms with van der Waals surface area (Å²) < 4.78 is 3.46. The van der Waals surface area contributed by atoms with E-state index in [1.165, 1.54) is 4.90 Å². The molecule has 0 unspecified atom stereocenters. The smallest absolute Gasteiger partial charge is 0.253 e. The van der Waals surface area contributed by atoms with Crippen molar-refractivity contribution in [2.24, 2.45) is 15.7 Å². The van der Waals surface area contributed by atoms with Gasteiger partial charge in [0.15, 0.2) is 5.78 Å². The molecular weight excluding hydrogens is 1810 g/mol. The van der Waals surface area contributed by atoms with Gasteiger partial charge in [-0.05, 0) is 267 Å². The molecular formula is C109H124N24O10. The highest BCUT2D eigenvalue weighted by atomic mass is 16.2. The van der Waals surface area contributed by atoms with Gasteiger partial charge < -0.3 is 70.4 Å². The first kappa shape index (κ1) is 98.3. The lowest BCUT2D eigenvalue weighted by atomic mass is 9.98. The molecule has 8 aromatic carbocycles. The number of ketones is 1. The minimum atomic E-state index is -0.870. The molecule has 740 valence electrons. The van der Waals surface area contributed by atoms with E-state index in [2.05, 4.69) is 101 Å². The number of fused-ring (bicyclic) bond motifs is 4. The second kappa shape index (κ2) is 44.5. The molecule has 4 atom stereocenters. The van der Waals surface area contributed by atoms with Gasteiger partial charge in [-0.3, -0.25) is 67.3 Å². The number of likely N-dealkylation sites (tertiary alicyclic amines) is 4. The van der Waals surface area contributed by atoms with Crippen LogP contribution in [0.5, 0.6) is 0 Å². The number of carbonyl (C=O) groups excluding carboxylic acids is 10. The molecule has 9 amide bonds. The molecule has 4 fully saturated rings. The molecule has 143 heavy (non-hydrogen) atoms. The van der Waals surface area contributed by atoms with Gasteiger partial charge in [-0.25, -0.2) is 9.97 Å². The summed E-state index contributed by atoms with van der Waals surface area (Å²) in [6, 6.07) is 52.2. The van der Waals surface area contributed by atoms with Crippen molar-refractivity contribution < 1.29 is 47.9 Å². The third-order valence-electron chi connectivity index (χ3n) is 28.2. The fourth-order valence-corrected chi connectivity index (χ4v) is 20.4. The van der Waals surface area contributed by atoms with Gasteiger partial charge in [0.25, 0.3) is 17.7 Å². The molecule has 12 aromatic rings. The number of aromatic amines is 2. The zero-order valence-corrected chi connectivity index (χ0v) is 82.1. The minimum absolute atomic E-state index is 0.0271. The molecule has 18 rings (SSSR count). The van der Waals surface area contributed by atoms with Crippen molar-refractivity contribution in [1.29, 1.82) is 0 Å². The van der Waals surface area contributed by atoms with Crippen molar-refractivity contribution in [2.75, 3.05) is 127 Å². The van der Waals surface area contributed by atoms with E-state index in [1.54, 1.807) is 52.9 Å². The van der Waals surface area contributed by atoms with Crippen LogP contribution in [-0.4, -0.2) is 316 Å². The molecule has 0 radical (unpaired) electrons. The SMILES string of the molecule is CN(C)CCCC(=O)c1ccc(-c2nc3ccc(-c4ccc5c(c4)CC(c4ccc(C(=O)N(C)CCCc6cn(CCCNCC(=O)N7CCC[C@H]7C(=O)N7CCC[C@H]7C(=O)N7CCC[C@H]7C(=O)N7CCC[C@H]7C(=O)N(CCCn7cc(CCCN(C)C(=O)c8ccc(C9=Nc%10ccc(-c%11ccc%12nc(-c%13ccc(C(=O)NCCN(C)C)cc%13)[nH]c%12c%11)cc%10C9)cc8)nn7)CC(N)=O)nn6)cc4)=N5)cc3[nH]2)cc1. The van der Waals surface area contributed by atoms with Crippen molar-refractivity contribution in [3.05, 3.63) is 238 Å². The number of amides is 9. The van der Waals surface area contributed by atoms with Crippen molar-refractivity contribution >= 4 is 104 Å². The van der Waals surface area contributed by atoms with Gasteiger partial charge in [0.1, 0.15) is 35.8 Å². The van der Waals surface area contributed by atoms with E-state index >= 15 is 0 Å². The number of H-pyrrole nitrogens is 2. The highest BCUT2D eigenvalue weighted by Crippen LogP contribution is 2.39. The van der Waals surface area contributed by atoms with Gasteiger partial charge in [-0.15, -0.1) is 10.2 Å². The Labute approximate surface area is 830 Å². The molecule has 4 aromatic heterocycles. The van der Waals surface area contributed by atoms with E-state index in [0.717, 1.165) is 143 Å². The Morgan fingerprint density at radius 2 is 0.853 bits per heavy atom. The molecule has 4 saturated heterocycles. The summed E-state index contributed by atoms with van der Waals surface area (Å²) in [5.74, 6) is -0.919. The van der Waals surface area contributed by atoms with Gasteiger partial charge in [-0.1, -0.05) is 95.4 Å². The number of aryl methyl sites for hydroxylation is 4. The number of carbonyl (C=O) groups is 10. The number of nitrogens with zero attached hydrogens (tertiary/aromatic N) is 19. The zero-order valence-electron chi connectivity index (χ0n) is 82.1. The molecule has 34 nitrogen and oxygen atoms in total. The van der Waals surface area contributed by atoms with E-state index < -0.39 is 36.0 Å². The molecule has 0 spiro atoms. The maximum Gasteiger partial charge on any atom is 0.253 e. The van der Waals surface area contributed by atoms with Crippen LogP contribution >= 0.6 is 0 Å². The number of aromatic nitrogens is 10. The Balaban J connectivity index is 0.390. The van der Waals surface area contributed by atoms with Gasteiger partial charge >= 0.3 is 0 Å². The number of hydrogen-bond acceptors (Lipinski definition) is 21. The Morgan fingerprint density at radius 1 is 0.427 bits per heavy atom. The van der Waals surface area contributed by atoms with E-state index in [-0.39, 0.29) is 66.8 Å². The quantitative estimate of drug-likeness (QED) is 0.0175. The van der Waals surface area contributed by atoms with Crippen LogP contribution in [-0.2, 0) is 67.5 Å². The molecule has 0 saturated carbocycles. The van der Waals surface area contributed by atoms with E-state index in [0.29, 0.717) is 197 Å². The average Bonchev–Trinajstić information content (AvgIpc) is 1.67. The summed E-state index contributed by atoms with van der Waals surface area (Å²) in [7, 11) is 11.5. The number of likely N-dealkylation sites (N-methyl/N-ethyl adjacent to an activating group) is 1. The summed E-state index contributed by atoms with van der Waals surface area (Å²) >= 11 is 0. The lowest BCUT2D eigenvalue weighted by molar-refractivity contribution is -0.153. The van der Waals surface area contributed by atoms with Crippen LogP contribution in [0.2, 0.25) is 0 Å². The second-order valence-corrected chi connectivity index (χ2v) is 39.0. The Kier molecular flexibility index (Phi) is 30.6. The lowest BCUT2D eigenvalue weighted by Gasteiger charge is -2.36. The topological polar surface area (TPSA) is 393 Å². The van der Waals surface area contributed by atoms with Crippen LogP contribution in [0.1, 0.15) is 165 Å². The van der Waals surface area contributed by atoms with Gasteiger partial charge in [0.2, 0.25) is 35.4 Å². The molecule has 34 heteroatoms. The zero-order chi connectivity index (χ0) is 99.5. The summed E-state index contributed by atoms with van der Waals surface area (Å²) in [4.78, 5) is 180. The van der Waals surface area contributed by atoms with Crippen LogP contribution in [0.25, 0.3) is 67.1 Å². The monoisotopic (exact) mass is 1930 g/mol. The van der Waals surface area contributed by atoms with E-state index in [4.69, 9.17) is 25.7 Å². The normalized spacial score (nSPS) is 16.5. The predicted octanol–water partition coefficient (Wildman–Crippen LogP) is 11.2. The third kappa shape index (κ3) is 23.2. The molecule has 6 N–H and O–H groups in total. The third-order valence-corrected chi connectivity index (χ3v) is 28.2. The first-order valence-electron chi connectivity index (χ1n) is 50.1. The highest BCUT2D eigenvalue weighted by Gasteiger charge is 2.48. The summed E-state index contributed by atoms with van der Waals surface area (Å²) in [5, 5.41) is 23.7. The van der Waals surface area contributed by atoms with Crippen LogP contribution in [0.3, 0.4) is 0 Å². The highest BCUT2D eigenvalue weighted by molar-refractivity contribution is 6.09. The number of Topliss-reactive ketones (excluding diaryl/α,β-unsaturated/α-hetero) is 1. The predicted molar refractivity (Wildman–Crippen MR) is 547 cm³/mol. The fourth-order valence-electron chi connectivity index (χ4n) is 20.4. The first-order chi connectivity index (χ1) is 69.3. The van der Waals surface area contributed by atoms with Crippen LogP contribution in [0.15, 0.2) is 192 Å². The average molecular weight is 1930 g/mol. The standard InChI is InChI=1S/C109H124N24O10/c1-123(2)49-13-22-98(134)72-27-29-73(30-28-72)101-115-88-45-41-80(62-92(88)117-101)78-39-43-86-82(60-78)64-90(113-86)70-23-35-76(36-24-70)104(138)125(5)50-7-16-84-67-128(121-119-84)53-14-47-111-66-100(136)130-55-9-19-95(130)107(141)132-57-11-21-97(132)109(143)133-58-12-20-96(133)108(142)131-56-10-18-94(131)106(140)127(69-99(110)135)52-15-54-129-68-85(120-122-129)17-8-51-126(6)105(139)77-37-25-71(26-38-77)91-65-83-61-79(40-44-87(83)114-91)81-42-46-89-93(63-81)118-102(116-89)74-31-33-75(34-32-74)103(137)112-48-59-124(3)4/h23-46,60-63,67-68,94-97,111H,7-22,47-59,64-66,69H2,1-6H3,(H2,110,135)(H,112,137)(H,115,117)(H,116,118)/t94-,95-,96-,97-/m0/s1. The number of benzene rings is 8. The van der Waals surface area contributed by atoms with Crippen molar-refractivity contribution in [3.63, 3.8) is 0 Å². The van der Waals surface area contributed by atoms with E-state index in [1.807, 2.05) is 161 Å². The second-order valence-electron chi connectivity index (χ2n) is 39.0. The lowest BCUT2D eigenvalue weighted by Crippen LogP contribution is -2.58. The van der Waals surface area contributed by atoms with Crippen molar-refractivity contribution in [2.45, 2.75) is 153 Å². The van der Waals surface area contributed by atoms with Gasteiger partial charge in [0.05, 0.1) is 69.3 Å². The van der Waals surface area contributed by atoms with Gasteiger partial charge in [-0.2, -0.15) is 0 Å². The Morgan fingerprint density at radius 3 is 1.34 bits per heavy atom. The maximum atomic E-state index is 14.8. The van der Waals surface area contributed by atoms with Gasteiger partial charge in [0, 0.05) is 151 Å². The molecule has 0 aliphatic carbocycles. The Bertz CT molecular complexity index is 6800. The number of nitrogens with two attached hydrogens (primary N) is 1. The number of aliphatic imine (C=N–C) groups is 2. The number of rotatable bonds is 41. The largest absolute Gasteiger partial charge is 0.368 e. The number of hydrogen-bond donors (Lipinski definition) is 5. The first-order valence-corrected chi connectivity index (χ1v) is 50.1. The van der Waals surface area contributed by atoms with Crippen LogP contribution in [0.4, 0.5) is 11.4 Å². The summed E-state index contributed by atoms with van der Waals surface area (Å²) in [6.45, 7) is 5.81. The Hall–Kier alpha value is -14.9. The fraction of sp³-hybridized carbons (Fsp3) is 0.394. The number of nitrogens with one attached hydrogen (secondary N) is 4. The molecule has 0 bridgehead atoms. The maximum absolute atomic E-state index is 14.8. The van der Waals surface area contributed by atoms with Crippen LogP contribution in [0, 0.1) is 0 Å². The molecule has 6 aliphatic rings. The van der Waals surface area contributed by atoms with Crippen molar-refractivity contribution in [3.8, 4) is 45.0 Å². The number of primary amides is 1. The summed E-state index contributed by atoms with van der Waals surface area (Å²) in [5.41, 5.74) is 27.1. The van der Waals surface area contributed by atoms with Crippen LogP contribution < -0.4 is 16.4 Å². The summed E-state index contributed by atoms with van der Waals surface area (Å²) in [6.07, 6.45) is 13.9. The molecule has 6 aliphatic heterocycles. The van der Waals surface area contributed by atoms with E-state index in [9.17, 15) is 47.9 Å². The minimum Gasteiger partial charge on any atom is -0.368 e. The molecule has 10 heterocycles. The number of imidazole rings is 2.